The monoisotopic (exact) mass is 352 g/mol. The lowest BCUT2D eigenvalue weighted by Crippen LogP contribution is -2.28. The molecule has 1 aromatic carbocycles. The van der Waals surface area contributed by atoms with Crippen LogP contribution in [0.3, 0.4) is 0 Å². The first-order chi connectivity index (χ1) is 12.6. The SMILES string of the molecule is O=C(O)c1cccc(-c2cn3ccnc3c(NC3CCC(O)CC3)n2)c1. The van der Waals surface area contributed by atoms with E-state index >= 15 is 0 Å². The Hall–Kier alpha value is -2.93. The second-order valence-electron chi connectivity index (χ2n) is 6.67. The van der Waals surface area contributed by atoms with E-state index in [1.54, 1.807) is 24.4 Å². The Morgan fingerprint density at radius 2 is 2.04 bits per heavy atom. The predicted octanol–water partition coefficient (Wildman–Crippen LogP) is 2.81. The minimum Gasteiger partial charge on any atom is -0.478 e. The molecule has 2 heterocycles. The Labute approximate surface area is 150 Å². The Bertz CT molecular complexity index is 945. The van der Waals surface area contributed by atoms with Crippen molar-refractivity contribution in [3.05, 3.63) is 48.4 Å². The van der Waals surface area contributed by atoms with E-state index in [1.807, 2.05) is 22.9 Å². The molecular weight excluding hydrogens is 332 g/mol. The lowest BCUT2D eigenvalue weighted by atomic mass is 9.93. The van der Waals surface area contributed by atoms with Crippen LogP contribution < -0.4 is 5.32 Å². The molecule has 0 spiro atoms. The Morgan fingerprint density at radius 3 is 2.81 bits per heavy atom. The molecule has 3 N–H and O–H groups in total. The molecule has 7 heteroatoms. The molecule has 1 aliphatic carbocycles. The van der Waals surface area contributed by atoms with Crippen LogP contribution in [0.1, 0.15) is 36.0 Å². The highest BCUT2D eigenvalue weighted by atomic mass is 16.4. The summed E-state index contributed by atoms with van der Waals surface area (Å²) < 4.78 is 1.88. The van der Waals surface area contributed by atoms with Gasteiger partial charge >= 0.3 is 5.97 Å². The molecule has 134 valence electrons. The first-order valence-corrected chi connectivity index (χ1v) is 8.72. The summed E-state index contributed by atoms with van der Waals surface area (Å²) in [5.41, 5.74) is 2.37. The van der Waals surface area contributed by atoms with E-state index in [9.17, 15) is 15.0 Å². The summed E-state index contributed by atoms with van der Waals surface area (Å²) in [4.78, 5) is 20.3. The number of carboxylic acid groups (broad SMARTS) is 1. The molecule has 1 saturated carbocycles. The van der Waals surface area contributed by atoms with Gasteiger partial charge in [-0.2, -0.15) is 0 Å². The highest BCUT2D eigenvalue weighted by Gasteiger charge is 2.21. The maximum atomic E-state index is 11.2. The highest BCUT2D eigenvalue weighted by Crippen LogP contribution is 2.26. The molecule has 0 amide bonds. The minimum atomic E-state index is -0.963. The number of benzene rings is 1. The molecule has 1 aliphatic rings. The van der Waals surface area contributed by atoms with Crippen molar-refractivity contribution in [1.82, 2.24) is 14.4 Å². The fourth-order valence-electron chi connectivity index (χ4n) is 3.39. The largest absolute Gasteiger partial charge is 0.478 e. The predicted molar refractivity (Wildman–Crippen MR) is 97.3 cm³/mol. The lowest BCUT2D eigenvalue weighted by molar-refractivity contribution is 0.0697. The number of aromatic carboxylic acids is 1. The molecular formula is C19H20N4O3. The quantitative estimate of drug-likeness (QED) is 0.668. The fraction of sp³-hybridized carbons (Fsp3) is 0.316. The zero-order valence-corrected chi connectivity index (χ0v) is 14.2. The van der Waals surface area contributed by atoms with Crippen LogP contribution in [0.4, 0.5) is 5.82 Å². The molecule has 3 aromatic rings. The molecule has 0 aliphatic heterocycles. The van der Waals surface area contributed by atoms with Crippen LogP contribution in [0.25, 0.3) is 16.9 Å². The number of aromatic nitrogens is 3. The van der Waals surface area contributed by atoms with E-state index in [1.165, 1.54) is 0 Å². The van der Waals surface area contributed by atoms with Crippen molar-refractivity contribution < 1.29 is 15.0 Å². The zero-order valence-electron chi connectivity index (χ0n) is 14.2. The number of carboxylic acids is 1. The number of hydrogen-bond acceptors (Lipinski definition) is 5. The summed E-state index contributed by atoms with van der Waals surface area (Å²) >= 11 is 0. The number of aliphatic hydroxyl groups excluding tert-OH is 1. The number of imidazole rings is 1. The van der Waals surface area contributed by atoms with Gasteiger partial charge in [-0.25, -0.2) is 14.8 Å². The normalized spacial score (nSPS) is 20.2. The van der Waals surface area contributed by atoms with Crippen LogP contribution in [0, 0.1) is 0 Å². The van der Waals surface area contributed by atoms with Gasteiger partial charge < -0.3 is 19.9 Å². The summed E-state index contributed by atoms with van der Waals surface area (Å²) in [7, 11) is 0. The third-order valence-electron chi connectivity index (χ3n) is 4.82. The molecule has 0 saturated heterocycles. The third kappa shape index (κ3) is 3.25. The van der Waals surface area contributed by atoms with Crippen molar-refractivity contribution in [3.63, 3.8) is 0 Å². The number of rotatable bonds is 4. The van der Waals surface area contributed by atoms with Crippen molar-refractivity contribution in [1.29, 1.82) is 0 Å². The van der Waals surface area contributed by atoms with Crippen LogP contribution in [-0.4, -0.2) is 42.7 Å². The second-order valence-corrected chi connectivity index (χ2v) is 6.67. The standard InChI is InChI=1S/C19H20N4O3/c24-15-6-4-14(5-7-15)21-17-18-20-8-9-23(18)11-16(22-17)12-2-1-3-13(10-12)19(25)26/h1-3,8-11,14-15,24H,4-7H2,(H,21,22)(H,25,26). The van der Waals surface area contributed by atoms with E-state index in [4.69, 9.17) is 4.98 Å². The number of anilines is 1. The third-order valence-corrected chi connectivity index (χ3v) is 4.82. The average Bonchev–Trinajstić information content (AvgIpc) is 3.12. The van der Waals surface area contributed by atoms with Crippen LogP contribution in [0.2, 0.25) is 0 Å². The topological polar surface area (TPSA) is 99.8 Å². The van der Waals surface area contributed by atoms with Crippen molar-refractivity contribution in [3.8, 4) is 11.3 Å². The number of nitrogens with one attached hydrogen (secondary N) is 1. The summed E-state index contributed by atoms with van der Waals surface area (Å²) in [6, 6.07) is 6.99. The van der Waals surface area contributed by atoms with Crippen LogP contribution in [-0.2, 0) is 0 Å². The molecule has 1 fully saturated rings. The number of fused-ring (bicyclic) bond motifs is 1. The highest BCUT2D eigenvalue weighted by molar-refractivity contribution is 5.89. The van der Waals surface area contributed by atoms with Gasteiger partial charge in [0.15, 0.2) is 11.5 Å². The van der Waals surface area contributed by atoms with E-state index in [0.717, 1.165) is 36.9 Å². The van der Waals surface area contributed by atoms with Crippen LogP contribution in [0.15, 0.2) is 42.9 Å². The van der Waals surface area contributed by atoms with E-state index in [-0.39, 0.29) is 17.7 Å². The van der Waals surface area contributed by atoms with Crippen molar-refractivity contribution in [2.45, 2.75) is 37.8 Å². The van der Waals surface area contributed by atoms with Gasteiger partial charge in [0, 0.05) is 30.2 Å². The second kappa shape index (κ2) is 6.76. The summed E-state index contributed by atoms with van der Waals surface area (Å²) in [5.74, 6) is -0.288. The average molecular weight is 352 g/mol. The molecule has 0 radical (unpaired) electrons. The minimum absolute atomic E-state index is 0.211. The molecule has 0 bridgehead atoms. The van der Waals surface area contributed by atoms with E-state index < -0.39 is 5.97 Å². The Morgan fingerprint density at radius 1 is 1.23 bits per heavy atom. The van der Waals surface area contributed by atoms with Crippen molar-refractivity contribution in [2.24, 2.45) is 0 Å². The van der Waals surface area contributed by atoms with Crippen LogP contribution >= 0.6 is 0 Å². The summed E-state index contributed by atoms with van der Waals surface area (Å²) in [6.45, 7) is 0. The van der Waals surface area contributed by atoms with Crippen molar-refractivity contribution in [2.75, 3.05) is 5.32 Å². The molecule has 2 aromatic heterocycles. The molecule has 0 unspecified atom stereocenters. The molecule has 7 nitrogen and oxygen atoms in total. The smallest absolute Gasteiger partial charge is 0.335 e. The number of hydrogen-bond donors (Lipinski definition) is 3. The zero-order chi connectivity index (χ0) is 18.1. The van der Waals surface area contributed by atoms with Gasteiger partial charge in [-0.1, -0.05) is 12.1 Å². The number of carbonyl (C=O) groups is 1. The maximum Gasteiger partial charge on any atom is 0.335 e. The maximum absolute atomic E-state index is 11.2. The van der Waals surface area contributed by atoms with Gasteiger partial charge in [-0.05, 0) is 37.8 Å². The van der Waals surface area contributed by atoms with Gasteiger partial charge in [0.2, 0.25) is 0 Å². The number of aliphatic hydroxyl groups is 1. The van der Waals surface area contributed by atoms with Gasteiger partial charge in [0.05, 0.1) is 17.4 Å². The van der Waals surface area contributed by atoms with Gasteiger partial charge in [-0.3, -0.25) is 0 Å². The molecule has 0 atom stereocenters. The molecule has 26 heavy (non-hydrogen) atoms. The first-order valence-electron chi connectivity index (χ1n) is 8.72. The number of nitrogens with zero attached hydrogens (tertiary/aromatic N) is 3. The lowest BCUT2D eigenvalue weighted by Gasteiger charge is -2.26. The van der Waals surface area contributed by atoms with Gasteiger partial charge in [0.25, 0.3) is 0 Å². The van der Waals surface area contributed by atoms with E-state index in [2.05, 4.69) is 10.3 Å². The first kappa shape index (κ1) is 16.5. The van der Waals surface area contributed by atoms with Gasteiger partial charge in [-0.15, -0.1) is 0 Å². The van der Waals surface area contributed by atoms with Gasteiger partial charge in [0.1, 0.15) is 0 Å². The summed E-state index contributed by atoms with van der Waals surface area (Å²) in [6.07, 6.45) is 8.52. The fourth-order valence-corrected chi connectivity index (χ4v) is 3.39. The van der Waals surface area contributed by atoms with E-state index in [0.29, 0.717) is 11.5 Å². The Balaban J connectivity index is 1.70. The summed E-state index contributed by atoms with van der Waals surface area (Å²) in [5, 5.41) is 22.4. The van der Waals surface area contributed by atoms with Crippen molar-refractivity contribution >= 4 is 17.4 Å². The molecule has 4 rings (SSSR count). The Kier molecular flexibility index (Phi) is 4.30. The van der Waals surface area contributed by atoms with Crippen LogP contribution in [0.5, 0.6) is 0 Å².